The molecular formula is C57H42N2. The number of fused-ring (bicyclic) bond motifs is 4. The van der Waals surface area contributed by atoms with Crippen LogP contribution in [0.25, 0.3) is 65.8 Å². The van der Waals surface area contributed by atoms with Gasteiger partial charge in [-0.3, -0.25) is 0 Å². The lowest BCUT2D eigenvalue weighted by molar-refractivity contribution is 0.435. The van der Waals surface area contributed by atoms with Crippen molar-refractivity contribution in [3.8, 4) is 22.3 Å². The Labute approximate surface area is 345 Å². The van der Waals surface area contributed by atoms with Crippen LogP contribution in [-0.4, -0.2) is 17.8 Å². The zero-order valence-electron chi connectivity index (χ0n) is 33.0. The second-order valence-corrected chi connectivity index (χ2v) is 15.9. The van der Waals surface area contributed by atoms with Crippen molar-refractivity contribution in [1.29, 1.82) is 0 Å². The first-order valence-electron chi connectivity index (χ1n) is 20.6. The Kier molecular flexibility index (Phi) is 8.63. The van der Waals surface area contributed by atoms with E-state index >= 15 is 0 Å². The molecule has 280 valence electrons. The molecule has 0 saturated heterocycles. The molecule has 1 aliphatic heterocycles. The molecule has 2 aliphatic carbocycles. The van der Waals surface area contributed by atoms with E-state index in [2.05, 4.69) is 224 Å². The van der Waals surface area contributed by atoms with Crippen LogP contribution in [0.1, 0.15) is 34.7 Å². The van der Waals surface area contributed by atoms with Gasteiger partial charge in [-0.15, -0.1) is 0 Å². The Morgan fingerprint density at radius 1 is 0.508 bits per heavy atom. The monoisotopic (exact) mass is 754 g/mol. The van der Waals surface area contributed by atoms with Gasteiger partial charge < -0.3 is 4.90 Å². The van der Waals surface area contributed by atoms with Crippen LogP contribution < -0.4 is 0 Å². The van der Waals surface area contributed by atoms with Crippen molar-refractivity contribution in [2.75, 3.05) is 7.05 Å². The maximum absolute atomic E-state index is 5.28. The van der Waals surface area contributed by atoms with Crippen LogP contribution in [0.15, 0.2) is 223 Å². The third kappa shape index (κ3) is 6.25. The van der Waals surface area contributed by atoms with E-state index < -0.39 is 0 Å². The summed E-state index contributed by atoms with van der Waals surface area (Å²) in [6.45, 7) is 0. The molecule has 1 heterocycles. The summed E-state index contributed by atoms with van der Waals surface area (Å²) in [6.07, 6.45) is 16.9. The molecule has 0 bridgehead atoms. The molecule has 0 saturated carbocycles. The van der Waals surface area contributed by atoms with Crippen LogP contribution in [0.2, 0.25) is 0 Å². The molecule has 59 heavy (non-hydrogen) atoms. The van der Waals surface area contributed by atoms with Crippen molar-refractivity contribution in [2.45, 2.75) is 12.5 Å². The van der Waals surface area contributed by atoms with Crippen molar-refractivity contribution in [3.63, 3.8) is 0 Å². The fourth-order valence-corrected chi connectivity index (χ4v) is 9.45. The summed E-state index contributed by atoms with van der Waals surface area (Å²) < 4.78 is 0. The van der Waals surface area contributed by atoms with E-state index in [9.17, 15) is 0 Å². The summed E-state index contributed by atoms with van der Waals surface area (Å²) in [6, 6.07) is 62.1. The summed E-state index contributed by atoms with van der Waals surface area (Å²) in [5.41, 5.74) is 13.4. The smallest absolute Gasteiger partial charge is 0.137 e. The van der Waals surface area contributed by atoms with E-state index in [0.717, 1.165) is 29.1 Å². The standard InChI is InChI=1S/C57H42N2/c1-59-54(42-16-4-2-5-17-42)37-53(58-57(59)43-18-6-3-7-19-43)41-28-24-40(25-29-41)46-32-33-51-52(36-46)56(48-31-27-39-15-9-11-21-45(39)35-48)50-23-13-12-22-49(50)55(51)47-30-26-38-14-8-10-20-44(38)34-47/h2-34,36-37,45,54H,35H2,1H3. The van der Waals surface area contributed by atoms with E-state index in [-0.39, 0.29) is 6.04 Å². The Morgan fingerprint density at radius 2 is 1.17 bits per heavy atom. The quantitative estimate of drug-likeness (QED) is 0.154. The highest BCUT2D eigenvalue weighted by atomic mass is 15.2. The fourth-order valence-electron chi connectivity index (χ4n) is 9.45. The minimum absolute atomic E-state index is 0.0595. The zero-order valence-corrected chi connectivity index (χ0v) is 33.0. The summed E-state index contributed by atoms with van der Waals surface area (Å²) in [5, 5.41) is 7.65. The maximum Gasteiger partial charge on any atom is 0.137 e. The molecule has 2 heteroatoms. The summed E-state index contributed by atoms with van der Waals surface area (Å²) in [4.78, 5) is 7.57. The number of likely N-dealkylation sites (N-methyl/N-ethyl adjacent to an activating group) is 1. The molecule has 2 unspecified atom stereocenters. The van der Waals surface area contributed by atoms with Gasteiger partial charge in [-0.2, -0.15) is 0 Å². The average Bonchev–Trinajstić information content (AvgIpc) is 3.31. The normalized spacial score (nSPS) is 17.4. The molecule has 8 aromatic rings. The van der Waals surface area contributed by atoms with Crippen LogP contribution in [-0.2, 0) is 0 Å². The van der Waals surface area contributed by atoms with Gasteiger partial charge in [-0.1, -0.05) is 194 Å². The Balaban J connectivity index is 1.06. The highest BCUT2D eigenvalue weighted by Crippen LogP contribution is 2.46. The van der Waals surface area contributed by atoms with Gasteiger partial charge in [0.25, 0.3) is 0 Å². The molecule has 0 fully saturated rings. The van der Waals surface area contributed by atoms with Gasteiger partial charge in [0.15, 0.2) is 0 Å². The molecule has 3 aliphatic rings. The number of allylic oxidation sites excluding steroid dienone is 8. The predicted molar refractivity (Wildman–Crippen MR) is 250 cm³/mol. The molecule has 0 N–H and O–H groups in total. The Hall–Kier alpha value is -7.29. The summed E-state index contributed by atoms with van der Waals surface area (Å²) in [7, 11) is 2.14. The minimum Gasteiger partial charge on any atom is -0.349 e. The van der Waals surface area contributed by atoms with Crippen molar-refractivity contribution < 1.29 is 0 Å². The second-order valence-electron chi connectivity index (χ2n) is 15.9. The largest absolute Gasteiger partial charge is 0.349 e. The van der Waals surface area contributed by atoms with E-state index in [1.807, 2.05) is 0 Å². The van der Waals surface area contributed by atoms with E-state index in [1.54, 1.807) is 0 Å². The van der Waals surface area contributed by atoms with Gasteiger partial charge >= 0.3 is 0 Å². The van der Waals surface area contributed by atoms with Crippen LogP contribution in [0.5, 0.6) is 0 Å². The van der Waals surface area contributed by atoms with Crippen molar-refractivity contribution in [2.24, 2.45) is 10.9 Å². The van der Waals surface area contributed by atoms with Crippen LogP contribution in [0.4, 0.5) is 0 Å². The maximum atomic E-state index is 5.28. The number of aliphatic imine (C=N–C) groups is 1. The second kappa shape index (κ2) is 14.6. The molecule has 2 atom stereocenters. The average molecular weight is 755 g/mol. The molecule has 8 aromatic carbocycles. The van der Waals surface area contributed by atoms with E-state index in [1.165, 1.54) is 76.8 Å². The number of amidine groups is 1. The Morgan fingerprint density at radius 3 is 1.98 bits per heavy atom. The number of hydrogen-bond donors (Lipinski definition) is 0. The van der Waals surface area contributed by atoms with Gasteiger partial charge in [0.1, 0.15) is 5.84 Å². The van der Waals surface area contributed by atoms with Crippen molar-refractivity contribution in [3.05, 3.63) is 240 Å². The number of rotatable bonds is 6. The van der Waals surface area contributed by atoms with Crippen molar-refractivity contribution in [1.82, 2.24) is 4.90 Å². The lowest BCUT2D eigenvalue weighted by Crippen LogP contribution is -2.33. The summed E-state index contributed by atoms with van der Waals surface area (Å²) in [5.74, 6) is 1.35. The highest BCUT2D eigenvalue weighted by molar-refractivity contribution is 6.20. The first kappa shape index (κ1) is 34.9. The topological polar surface area (TPSA) is 15.6 Å². The zero-order chi connectivity index (χ0) is 39.3. The molecule has 11 rings (SSSR count). The number of nitrogens with zero attached hydrogens (tertiary/aromatic N) is 2. The molecule has 0 amide bonds. The van der Waals surface area contributed by atoms with Crippen LogP contribution in [0, 0.1) is 5.92 Å². The molecule has 0 spiro atoms. The van der Waals surface area contributed by atoms with E-state index in [4.69, 9.17) is 4.99 Å². The molecule has 2 nitrogen and oxygen atoms in total. The van der Waals surface area contributed by atoms with E-state index in [0.29, 0.717) is 5.92 Å². The van der Waals surface area contributed by atoms with Crippen LogP contribution in [0.3, 0.4) is 0 Å². The Bertz CT molecular complexity index is 3120. The predicted octanol–water partition coefficient (Wildman–Crippen LogP) is 14.4. The first-order valence-corrected chi connectivity index (χ1v) is 20.6. The van der Waals surface area contributed by atoms with Gasteiger partial charge in [-0.25, -0.2) is 4.99 Å². The lowest BCUT2D eigenvalue weighted by atomic mass is 9.78. The lowest BCUT2D eigenvalue weighted by Gasteiger charge is -2.33. The first-order chi connectivity index (χ1) is 29.2. The fraction of sp³-hybridized carbons (Fsp3) is 0.0702. The van der Waals surface area contributed by atoms with Gasteiger partial charge in [0, 0.05) is 18.5 Å². The summed E-state index contributed by atoms with van der Waals surface area (Å²) >= 11 is 0. The van der Waals surface area contributed by atoms with Gasteiger partial charge in [0.2, 0.25) is 0 Å². The minimum atomic E-state index is 0.0595. The number of benzene rings is 8. The molecule has 0 aromatic heterocycles. The SMILES string of the molecule is CN1C(c2ccccc2)=NC(c2ccc(-c3ccc4c(-c5ccc6ccccc6c5)c5ccccc5c(C5=CC=C6C=CC=CC6C5)c4c3)cc2)=CC1c1ccccc1. The number of hydrogen-bond acceptors (Lipinski definition) is 2. The van der Waals surface area contributed by atoms with Gasteiger partial charge in [-0.05, 0) is 107 Å². The van der Waals surface area contributed by atoms with Crippen LogP contribution >= 0.6 is 0 Å². The van der Waals surface area contributed by atoms with Crippen molar-refractivity contribution >= 4 is 49.4 Å². The third-order valence-corrected chi connectivity index (χ3v) is 12.5. The highest BCUT2D eigenvalue weighted by Gasteiger charge is 2.26. The van der Waals surface area contributed by atoms with Gasteiger partial charge in [0.05, 0.1) is 11.7 Å². The molecular weight excluding hydrogens is 713 g/mol. The molecule has 0 radical (unpaired) electrons. The third-order valence-electron chi connectivity index (χ3n) is 12.5.